The van der Waals surface area contributed by atoms with Crippen LogP contribution in [0.4, 0.5) is 0 Å². The van der Waals surface area contributed by atoms with Crippen LogP contribution >= 0.6 is 0 Å². The molecule has 3 N–H and O–H groups in total. The first-order valence-electron chi connectivity index (χ1n) is 8.54. The highest BCUT2D eigenvalue weighted by Gasteiger charge is 2.61. The van der Waals surface area contributed by atoms with E-state index in [0.29, 0.717) is 12.0 Å². The standard InChI is InChI=1S/C17H29NO/c18-10-15(19)17-8-12-5-13(9-17)7-16(6-12,11-17)14-3-1-2-4-14/h12-15,19H,1-11,18H2. The number of hydrogen-bond donors (Lipinski definition) is 2. The van der Waals surface area contributed by atoms with Crippen molar-refractivity contribution in [3.63, 3.8) is 0 Å². The van der Waals surface area contributed by atoms with Crippen LogP contribution in [0.1, 0.15) is 64.2 Å². The van der Waals surface area contributed by atoms with Gasteiger partial charge in [0.15, 0.2) is 0 Å². The summed E-state index contributed by atoms with van der Waals surface area (Å²) in [6.45, 7) is 0.472. The summed E-state index contributed by atoms with van der Waals surface area (Å²) in [5, 5.41) is 10.6. The Morgan fingerprint density at radius 1 is 1.05 bits per heavy atom. The molecule has 19 heavy (non-hydrogen) atoms. The third kappa shape index (κ3) is 1.75. The zero-order valence-electron chi connectivity index (χ0n) is 12.1. The lowest BCUT2D eigenvalue weighted by Crippen LogP contribution is -2.59. The maximum atomic E-state index is 10.6. The summed E-state index contributed by atoms with van der Waals surface area (Å²) >= 11 is 0. The molecule has 0 heterocycles. The van der Waals surface area contributed by atoms with Gasteiger partial charge in [-0.15, -0.1) is 0 Å². The summed E-state index contributed by atoms with van der Waals surface area (Å²) in [7, 11) is 0. The van der Waals surface area contributed by atoms with Gasteiger partial charge in [0.05, 0.1) is 6.10 Å². The summed E-state index contributed by atoms with van der Waals surface area (Å²) in [6, 6.07) is 0. The van der Waals surface area contributed by atoms with Crippen molar-refractivity contribution in [2.45, 2.75) is 70.3 Å². The van der Waals surface area contributed by atoms with Gasteiger partial charge in [0, 0.05) is 6.54 Å². The second-order valence-electron chi connectivity index (χ2n) is 8.42. The minimum Gasteiger partial charge on any atom is -0.391 e. The molecule has 0 aliphatic heterocycles. The number of hydrogen-bond acceptors (Lipinski definition) is 2. The summed E-state index contributed by atoms with van der Waals surface area (Å²) in [5.41, 5.74) is 6.66. The molecule has 0 aromatic heterocycles. The van der Waals surface area contributed by atoms with E-state index >= 15 is 0 Å². The molecule has 3 unspecified atom stereocenters. The number of nitrogens with two attached hydrogens (primary N) is 1. The monoisotopic (exact) mass is 263 g/mol. The maximum absolute atomic E-state index is 10.6. The Bertz CT molecular complexity index is 346. The highest BCUT2D eigenvalue weighted by atomic mass is 16.3. The third-order valence-corrected chi connectivity index (χ3v) is 7.30. The Morgan fingerprint density at radius 2 is 1.68 bits per heavy atom. The zero-order valence-corrected chi connectivity index (χ0v) is 12.1. The SMILES string of the molecule is NCC(O)C12CC3CC(C1)CC(C1CCCC1)(C3)C2. The van der Waals surface area contributed by atoms with Crippen molar-refractivity contribution in [1.29, 1.82) is 0 Å². The molecule has 0 aromatic rings. The molecule has 0 spiro atoms. The lowest BCUT2D eigenvalue weighted by atomic mass is 9.40. The minimum atomic E-state index is -0.237. The Hall–Kier alpha value is -0.0800. The molecule has 0 radical (unpaired) electrons. The number of aliphatic hydroxyl groups is 1. The Labute approximate surface area is 117 Å². The van der Waals surface area contributed by atoms with Crippen molar-refractivity contribution >= 4 is 0 Å². The Kier molecular flexibility index (Phi) is 2.80. The van der Waals surface area contributed by atoms with E-state index in [1.807, 2.05) is 0 Å². The van der Waals surface area contributed by atoms with Crippen LogP contribution in [0.2, 0.25) is 0 Å². The fraction of sp³-hybridized carbons (Fsp3) is 1.00. The van der Waals surface area contributed by atoms with Crippen LogP contribution in [0, 0.1) is 28.6 Å². The second-order valence-corrected chi connectivity index (χ2v) is 8.42. The number of aliphatic hydroxyl groups excluding tert-OH is 1. The molecule has 108 valence electrons. The molecule has 5 aliphatic carbocycles. The van der Waals surface area contributed by atoms with E-state index in [-0.39, 0.29) is 11.5 Å². The van der Waals surface area contributed by atoms with Crippen molar-refractivity contribution in [2.24, 2.45) is 34.3 Å². The number of rotatable bonds is 3. The zero-order chi connectivity index (χ0) is 13.1. The molecule has 0 amide bonds. The average Bonchev–Trinajstić information content (AvgIpc) is 2.90. The first-order chi connectivity index (χ1) is 9.16. The van der Waals surface area contributed by atoms with Gasteiger partial charge in [-0.05, 0) is 80.0 Å². The van der Waals surface area contributed by atoms with Crippen LogP contribution in [0.5, 0.6) is 0 Å². The van der Waals surface area contributed by atoms with Crippen LogP contribution < -0.4 is 5.73 Å². The molecular formula is C17H29NO. The Balaban J connectivity index is 1.67. The molecule has 2 nitrogen and oxygen atoms in total. The fourth-order valence-electron chi connectivity index (χ4n) is 7.06. The summed E-state index contributed by atoms with van der Waals surface area (Å²) < 4.78 is 0. The molecule has 5 rings (SSSR count). The summed E-state index contributed by atoms with van der Waals surface area (Å²) in [6.07, 6.45) is 13.9. The van der Waals surface area contributed by atoms with Gasteiger partial charge in [0.1, 0.15) is 0 Å². The predicted molar refractivity (Wildman–Crippen MR) is 76.6 cm³/mol. The van der Waals surface area contributed by atoms with Crippen LogP contribution in [-0.2, 0) is 0 Å². The smallest absolute Gasteiger partial charge is 0.0718 e. The molecule has 5 aliphatic rings. The molecule has 5 saturated carbocycles. The quantitative estimate of drug-likeness (QED) is 0.822. The molecule has 5 fully saturated rings. The van der Waals surface area contributed by atoms with E-state index in [0.717, 1.165) is 17.8 Å². The largest absolute Gasteiger partial charge is 0.391 e. The molecule has 3 atom stereocenters. The van der Waals surface area contributed by atoms with Gasteiger partial charge in [-0.3, -0.25) is 0 Å². The first-order valence-corrected chi connectivity index (χ1v) is 8.54. The van der Waals surface area contributed by atoms with Crippen LogP contribution in [-0.4, -0.2) is 17.8 Å². The van der Waals surface area contributed by atoms with Gasteiger partial charge < -0.3 is 10.8 Å². The summed E-state index contributed by atoms with van der Waals surface area (Å²) in [5.74, 6) is 2.79. The predicted octanol–water partition coefficient (Wildman–Crippen LogP) is 3.08. The van der Waals surface area contributed by atoms with Crippen molar-refractivity contribution < 1.29 is 5.11 Å². The Morgan fingerprint density at radius 3 is 2.26 bits per heavy atom. The molecule has 2 heteroatoms. The van der Waals surface area contributed by atoms with Crippen molar-refractivity contribution in [3.8, 4) is 0 Å². The van der Waals surface area contributed by atoms with E-state index in [1.165, 1.54) is 64.2 Å². The molecule has 0 aromatic carbocycles. The van der Waals surface area contributed by atoms with Gasteiger partial charge in [-0.1, -0.05) is 12.8 Å². The molecule has 4 bridgehead atoms. The van der Waals surface area contributed by atoms with Crippen molar-refractivity contribution in [1.82, 2.24) is 0 Å². The van der Waals surface area contributed by atoms with Crippen LogP contribution in [0.3, 0.4) is 0 Å². The van der Waals surface area contributed by atoms with E-state index in [9.17, 15) is 5.11 Å². The van der Waals surface area contributed by atoms with E-state index in [2.05, 4.69) is 0 Å². The molecule has 0 saturated heterocycles. The lowest BCUT2D eigenvalue weighted by molar-refractivity contribution is -0.174. The van der Waals surface area contributed by atoms with Gasteiger partial charge in [0.25, 0.3) is 0 Å². The first kappa shape index (κ1) is 12.6. The highest BCUT2D eigenvalue weighted by molar-refractivity contribution is 5.11. The van der Waals surface area contributed by atoms with Gasteiger partial charge in [-0.25, -0.2) is 0 Å². The van der Waals surface area contributed by atoms with E-state index in [1.54, 1.807) is 0 Å². The molecular weight excluding hydrogens is 234 g/mol. The van der Waals surface area contributed by atoms with Crippen LogP contribution in [0.25, 0.3) is 0 Å². The second kappa shape index (κ2) is 4.21. The topological polar surface area (TPSA) is 46.2 Å². The van der Waals surface area contributed by atoms with E-state index in [4.69, 9.17) is 5.73 Å². The highest BCUT2D eigenvalue weighted by Crippen LogP contribution is 2.69. The van der Waals surface area contributed by atoms with Gasteiger partial charge in [-0.2, -0.15) is 0 Å². The van der Waals surface area contributed by atoms with Crippen molar-refractivity contribution in [2.75, 3.05) is 6.54 Å². The van der Waals surface area contributed by atoms with Gasteiger partial charge >= 0.3 is 0 Å². The van der Waals surface area contributed by atoms with Crippen LogP contribution in [0.15, 0.2) is 0 Å². The van der Waals surface area contributed by atoms with E-state index < -0.39 is 0 Å². The average molecular weight is 263 g/mol. The minimum absolute atomic E-state index is 0.210. The fourth-order valence-corrected chi connectivity index (χ4v) is 7.06. The third-order valence-electron chi connectivity index (χ3n) is 7.30. The lowest BCUT2D eigenvalue weighted by Gasteiger charge is -2.65. The maximum Gasteiger partial charge on any atom is 0.0718 e. The van der Waals surface area contributed by atoms with Gasteiger partial charge in [0.2, 0.25) is 0 Å². The summed E-state index contributed by atoms with van der Waals surface area (Å²) in [4.78, 5) is 0. The normalized spacial score (nSPS) is 50.8. The van der Waals surface area contributed by atoms with Crippen molar-refractivity contribution in [3.05, 3.63) is 0 Å².